The van der Waals surface area contributed by atoms with Gasteiger partial charge in [0.25, 0.3) is 11.6 Å². The molecule has 2 aromatic carbocycles. The fourth-order valence-corrected chi connectivity index (χ4v) is 3.13. The van der Waals surface area contributed by atoms with E-state index in [-0.39, 0.29) is 24.2 Å². The number of carbonyl (C=O) groups is 2. The van der Waals surface area contributed by atoms with Gasteiger partial charge in [-0.15, -0.1) is 11.8 Å². The van der Waals surface area contributed by atoms with Gasteiger partial charge in [-0.1, -0.05) is 30.3 Å². The summed E-state index contributed by atoms with van der Waals surface area (Å²) in [6.45, 7) is 3.14. The third-order valence-electron chi connectivity index (χ3n) is 3.71. The van der Waals surface area contributed by atoms with E-state index in [9.17, 15) is 19.7 Å². The van der Waals surface area contributed by atoms with E-state index in [1.165, 1.54) is 23.9 Å². The lowest BCUT2D eigenvalue weighted by Gasteiger charge is -2.15. The third-order valence-corrected chi connectivity index (χ3v) is 4.81. The number of nitro groups is 1. The number of amides is 1. The Hall–Kier alpha value is -2.87. The smallest absolute Gasteiger partial charge is 0.319 e. The number of esters is 1. The van der Waals surface area contributed by atoms with Crippen LogP contribution in [0.4, 0.5) is 5.69 Å². The summed E-state index contributed by atoms with van der Waals surface area (Å²) < 4.78 is 5.06. The first-order valence-corrected chi connectivity index (χ1v) is 9.17. The van der Waals surface area contributed by atoms with Crippen LogP contribution in [-0.4, -0.2) is 28.7 Å². The minimum atomic E-state index is -0.550. The number of benzene rings is 2. The van der Waals surface area contributed by atoms with Crippen molar-refractivity contribution in [1.82, 2.24) is 5.32 Å². The monoisotopic (exact) mass is 388 g/mol. The highest BCUT2D eigenvalue weighted by molar-refractivity contribution is 8.00. The molecule has 0 saturated heterocycles. The summed E-state index contributed by atoms with van der Waals surface area (Å²) in [7, 11) is 0. The lowest BCUT2D eigenvalue weighted by Crippen LogP contribution is -2.32. The lowest BCUT2D eigenvalue weighted by atomic mass is 10.1. The largest absolute Gasteiger partial charge is 0.455 e. The quantitative estimate of drug-likeness (QED) is 0.322. The number of ether oxygens (including phenoxy) is 1. The molecule has 0 unspecified atom stereocenters. The fourth-order valence-electron chi connectivity index (χ4n) is 2.26. The maximum Gasteiger partial charge on any atom is 0.319 e. The molecule has 0 heterocycles. The maximum atomic E-state index is 12.1. The molecule has 8 heteroatoms. The molecule has 0 spiro atoms. The van der Waals surface area contributed by atoms with Crippen LogP contribution in [0.1, 0.15) is 25.5 Å². The van der Waals surface area contributed by atoms with Gasteiger partial charge in [0.2, 0.25) is 0 Å². The van der Waals surface area contributed by atoms with Crippen LogP contribution in [0.2, 0.25) is 0 Å². The SMILES string of the molecule is C[C@H](Sc1ccc([N+](=O)[O-])cc1)C(=O)OCC(=O)N[C@H](C)c1ccccc1. The number of nitrogens with zero attached hydrogens (tertiary/aromatic N) is 1. The highest BCUT2D eigenvalue weighted by Crippen LogP contribution is 2.26. The molecule has 1 amide bonds. The summed E-state index contributed by atoms with van der Waals surface area (Å²) in [4.78, 5) is 34.9. The molecule has 0 saturated carbocycles. The van der Waals surface area contributed by atoms with E-state index in [4.69, 9.17) is 4.74 Å². The zero-order chi connectivity index (χ0) is 19.8. The van der Waals surface area contributed by atoms with E-state index in [2.05, 4.69) is 5.32 Å². The van der Waals surface area contributed by atoms with Crippen LogP contribution in [0, 0.1) is 10.1 Å². The highest BCUT2D eigenvalue weighted by Gasteiger charge is 2.18. The molecule has 2 aromatic rings. The molecule has 0 bridgehead atoms. The predicted octanol–water partition coefficient (Wildman–Crippen LogP) is 3.50. The van der Waals surface area contributed by atoms with Gasteiger partial charge in [-0.3, -0.25) is 19.7 Å². The molecule has 1 N–H and O–H groups in total. The van der Waals surface area contributed by atoms with E-state index in [0.717, 1.165) is 5.56 Å². The third kappa shape index (κ3) is 6.41. The Morgan fingerprint density at radius 2 is 1.74 bits per heavy atom. The van der Waals surface area contributed by atoms with Crippen molar-refractivity contribution in [2.45, 2.75) is 30.0 Å². The van der Waals surface area contributed by atoms with Gasteiger partial charge in [-0.25, -0.2) is 0 Å². The van der Waals surface area contributed by atoms with E-state index in [1.807, 2.05) is 37.3 Å². The molecular weight excluding hydrogens is 368 g/mol. The predicted molar refractivity (Wildman–Crippen MR) is 102 cm³/mol. The van der Waals surface area contributed by atoms with E-state index < -0.39 is 16.1 Å². The summed E-state index contributed by atoms with van der Waals surface area (Å²) in [5.74, 6) is -0.909. The van der Waals surface area contributed by atoms with Gasteiger partial charge >= 0.3 is 5.97 Å². The number of carbonyl (C=O) groups excluding carboxylic acids is 2. The molecule has 142 valence electrons. The van der Waals surface area contributed by atoms with Crippen LogP contribution < -0.4 is 5.32 Å². The molecular formula is C19H20N2O5S. The van der Waals surface area contributed by atoms with Crippen molar-refractivity contribution in [3.63, 3.8) is 0 Å². The highest BCUT2D eigenvalue weighted by atomic mass is 32.2. The number of hydrogen-bond acceptors (Lipinski definition) is 6. The summed E-state index contributed by atoms with van der Waals surface area (Å²) in [6, 6.07) is 15.2. The van der Waals surface area contributed by atoms with Crippen molar-refractivity contribution in [1.29, 1.82) is 0 Å². The molecule has 2 rings (SSSR count). The van der Waals surface area contributed by atoms with Crippen LogP contribution in [0.5, 0.6) is 0 Å². The Morgan fingerprint density at radius 3 is 2.33 bits per heavy atom. The second kappa shape index (κ2) is 9.72. The van der Waals surface area contributed by atoms with E-state index in [1.54, 1.807) is 19.1 Å². The first kappa shape index (κ1) is 20.4. The minimum absolute atomic E-state index is 0.0150. The summed E-state index contributed by atoms with van der Waals surface area (Å²) in [5, 5.41) is 12.9. The number of non-ortho nitro benzene ring substituents is 1. The topological polar surface area (TPSA) is 98.5 Å². The molecule has 0 aliphatic heterocycles. The fraction of sp³-hybridized carbons (Fsp3) is 0.263. The van der Waals surface area contributed by atoms with Gasteiger partial charge < -0.3 is 10.1 Å². The molecule has 0 aromatic heterocycles. The number of thioether (sulfide) groups is 1. The average molecular weight is 388 g/mol. The number of nitro benzene ring substituents is 1. The minimum Gasteiger partial charge on any atom is -0.455 e. The van der Waals surface area contributed by atoms with Gasteiger partial charge in [-0.05, 0) is 31.5 Å². The van der Waals surface area contributed by atoms with Crippen molar-refractivity contribution in [3.05, 3.63) is 70.3 Å². The summed E-state index contributed by atoms with van der Waals surface area (Å²) in [6.07, 6.45) is 0. The molecule has 7 nitrogen and oxygen atoms in total. The number of nitrogens with one attached hydrogen (secondary N) is 1. The van der Waals surface area contributed by atoms with Gasteiger partial charge in [0.05, 0.1) is 11.0 Å². The van der Waals surface area contributed by atoms with Crippen LogP contribution in [0.25, 0.3) is 0 Å². The number of rotatable bonds is 8. The van der Waals surface area contributed by atoms with Crippen molar-refractivity contribution in [2.24, 2.45) is 0 Å². The Labute approximate surface area is 161 Å². The second-order valence-electron chi connectivity index (χ2n) is 5.82. The Bertz CT molecular complexity index is 796. The second-order valence-corrected chi connectivity index (χ2v) is 7.23. The van der Waals surface area contributed by atoms with Crippen molar-refractivity contribution in [2.75, 3.05) is 6.61 Å². The Kier molecular flexibility index (Phi) is 7.36. The molecule has 0 fully saturated rings. The summed E-state index contributed by atoms with van der Waals surface area (Å²) >= 11 is 1.21. The number of hydrogen-bond donors (Lipinski definition) is 1. The molecule has 2 atom stereocenters. The van der Waals surface area contributed by atoms with Crippen LogP contribution >= 0.6 is 11.8 Å². The molecule has 0 aliphatic carbocycles. The lowest BCUT2D eigenvalue weighted by molar-refractivity contribution is -0.384. The normalized spacial score (nSPS) is 12.7. The van der Waals surface area contributed by atoms with Gasteiger partial charge in [0.15, 0.2) is 6.61 Å². The van der Waals surface area contributed by atoms with Crippen molar-refractivity contribution >= 4 is 29.3 Å². The van der Waals surface area contributed by atoms with E-state index >= 15 is 0 Å². The average Bonchev–Trinajstić information content (AvgIpc) is 2.67. The van der Waals surface area contributed by atoms with Crippen molar-refractivity contribution in [3.8, 4) is 0 Å². The molecule has 0 aliphatic rings. The molecule has 0 radical (unpaired) electrons. The Morgan fingerprint density at radius 1 is 1.11 bits per heavy atom. The first-order chi connectivity index (χ1) is 12.9. The van der Waals surface area contributed by atoms with Gasteiger partial charge in [0.1, 0.15) is 5.25 Å². The van der Waals surface area contributed by atoms with Gasteiger partial charge in [-0.2, -0.15) is 0 Å². The maximum absolute atomic E-state index is 12.1. The standard InChI is InChI=1S/C19H20N2O5S/c1-13(15-6-4-3-5-7-15)20-18(22)12-26-19(23)14(2)27-17-10-8-16(9-11-17)21(24)25/h3-11,13-14H,12H2,1-2H3,(H,20,22)/t13-,14+/m1/s1. The van der Waals surface area contributed by atoms with Crippen molar-refractivity contribution < 1.29 is 19.2 Å². The van der Waals surface area contributed by atoms with Crippen LogP contribution in [-0.2, 0) is 14.3 Å². The van der Waals surface area contributed by atoms with E-state index in [0.29, 0.717) is 4.90 Å². The summed E-state index contributed by atoms with van der Waals surface area (Å²) in [5.41, 5.74) is 0.943. The zero-order valence-corrected chi connectivity index (χ0v) is 15.8. The van der Waals surface area contributed by atoms with Crippen LogP contribution in [0.15, 0.2) is 59.5 Å². The first-order valence-electron chi connectivity index (χ1n) is 8.29. The van der Waals surface area contributed by atoms with Gasteiger partial charge in [0, 0.05) is 17.0 Å². The Balaban J connectivity index is 1.78. The van der Waals surface area contributed by atoms with Crippen LogP contribution in [0.3, 0.4) is 0 Å². The zero-order valence-electron chi connectivity index (χ0n) is 15.0. The molecule has 27 heavy (non-hydrogen) atoms.